The summed E-state index contributed by atoms with van der Waals surface area (Å²) >= 11 is 0. The van der Waals surface area contributed by atoms with Gasteiger partial charge in [-0.05, 0) is 32.9 Å². The number of nitrogens with zero attached hydrogens (tertiary/aromatic N) is 1. The van der Waals surface area contributed by atoms with E-state index in [1.54, 1.807) is 39.0 Å². The van der Waals surface area contributed by atoms with E-state index in [0.717, 1.165) is 7.11 Å². The van der Waals surface area contributed by atoms with E-state index >= 15 is 0 Å². The van der Waals surface area contributed by atoms with Gasteiger partial charge in [-0.25, -0.2) is 8.42 Å². The number of benzene rings is 1. The Bertz CT molecular complexity index is 638. The second kappa shape index (κ2) is 7.56. The van der Waals surface area contributed by atoms with Crippen LogP contribution in [-0.2, 0) is 24.3 Å². The van der Waals surface area contributed by atoms with Gasteiger partial charge in [-0.2, -0.15) is 4.72 Å². The number of carbonyl (C=O) groups excluding carboxylic acids is 2. The SMILES string of the molecule is COC(=O)[C@H](CN(C=O)C(C)(C)C)NS(=O)(=O)c1ccccc1. The van der Waals surface area contributed by atoms with Crippen LogP contribution >= 0.6 is 0 Å². The average Bonchev–Trinajstić information content (AvgIpc) is 2.50. The van der Waals surface area contributed by atoms with Crippen molar-refractivity contribution >= 4 is 22.4 Å². The van der Waals surface area contributed by atoms with Gasteiger partial charge in [0.2, 0.25) is 16.4 Å². The van der Waals surface area contributed by atoms with Crippen molar-refractivity contribution in [3.63, 3.8) is 0 Å². The molecule has 0 heterocycles. The second-order valence-electron chi connectivity index (χ2n) is 5.94. The summed E-state index contributed by atoms with van der Waals surface area (Å²) in [5.74, 6) is -0.763. The fraction of sp³-hybridized carbons (Fsp3) is 0.467. The van der Waals surface area contributed by atoms with Crippen molar-refractivity contribution in [3.05, 3.63) is 30.3 Å². The molecule has 0 aliphatic heterocycles. The number of methoxy groups -OCH3 is 1. The highest BCUT2D eigenvalue weighted by molar-refractivity contribution is 7.89. The minimum Gasteiger partial charge on any atom is -0.468 e. The lowest BCUT2D eigenvalue weighted by Gasteiger charge is -2.34. The fourth-order valence-corrected chi connectivity index (χ4v) is 3.03. The molecule has 1 atom stereocenters. The van der Waals surface area contributed by atoms with Gasteiger partial charge in [0.15, 0.2) is 0 Å². The number of esters is 1. The van der Waals surface area contributed by atoms with E-state index in [1.165, 1.54) is 17.0 Å². The quantitative estimate of drug-likeness (QED) is 0.583. The lowest BCUT2D eigenvalue weighted by atomic mass is 10.1. The van der Waals surface area contributed by atoms with Crippen LogP contribution in [-0.4, -0.2) is 50.9 Å². The zero-order chi connectivity index (χ0) is 17.7. The van der Waals surface area contributed by atoms with Crippen LogP contribution < -0.4 is 4.72 Å². The van der Waals surface area contributed by atoms with E-state index in [0.29, 0.717) is 6.41 Å². The van der Waals surface area contributed by atoms with Crippen LogP contribution in [0.4, 0.5) is 0 Å². The highest BCUT2D eigenvalue weighted by atomic mass is 32.2. The number of amides is 1. The maximum absolute atomic E-state index is 12.4. The van der Waals surface area contributed by atoms with Gasteiger partial charge in [-0.3, -0.25) is 9.59 Å². The van der Waals surface area contributed by atoms with Crippen molar-refractivity contribution < 1.29 is 22.7 Å². The first kappa shape index (κ1) is 19.1. The molecule has 0 aromatic heterocycles. The summed E-state index contributed by atoms with van der Waals surface area (Å²) in [7, 11) is -2.75. The number of carbonyl (C=O) groups is 2. The molecular formula is C15H22N2O5S. The molecule has 0 saturated carbocycles. The molecule has 1 rings (SSSR count). The average molecular weight is 342 g/mol. The first-order valence-corrected chi connectivity index (χ1v) is 8.47. The third-order valence-corrected chi connectivity index (χ3v) is 4.69. The topological polar surface area (TPSA) is 92.8 Å². The number of rotatable bonds is 7. The van der Waals surface area contributed by atoms with Gasteiger partial charge in [-0.1, -0.05) is 18.2 Å². The minimum atomic E-state index is -3.91. The monoisotopic (exact) mass is 342 g/mol. The minimum absolute atomic E-state index is 0.0299. The molecule has 1 aromatic rings. The van der Waals surface area contributed by atoms with Gasteiger partial charge in [0.05, 0.1) is 12.0 Å². The van der Waals surface area contributed by atoms with Crippen molar-refractivity contribution in [3.8, 4) is 0 Å². The fourth-order valence-electron chi connectivity index (χ4n) is 1.83. The molecule has 0 aliphatic rings. The molecule has 0 fully saturated rings. The van der Waals surface area contributed by atoms with Crippen molar-refractivity contribution in [1.29, 1.82) is 0 Å². The number of hydrogen-bond donors (Lipinski definition) is 1. The summed E-state index contributed by atoms with van der Waals surface area (Å²) in [4.78, 5) is 24.5. The van der Waals surface area contributed by atoms with E-state index < -0.39 is 27.6 Å². The molecule has 0 saturated heterocycles. The van der Waals surface area contributed by atoms with Crippen LogP contribution in [0.5, 0.6) is 0 Å². The van der Waals surface area contributed by atoms with Crippen LogP contribution in [0, 0.1) is 0 Å². The van der Waals surface area contributed by atoms with Gasteiger partial charge in [0.25, 0.3) is 0 Å². The molecule has 128 valence electrons. The van der Waals surface area contributed by atoms with E-state index in [-0.39, 0.29) is 11.4 Å². The number of nitrogens with one attached hydrogen (secondary N) is 1. The van der Waals surface area contributed by atoms with Gasteiger partial charge < -0.3 is 9.64 Å². The summed E-state index contributed by atoms with van der Waals surface area (Å²) < 4.78 is 31.7. The summed E-state index contributed by atoms with van der Waals surface area (Å²) in [6.45, 7) is 5.20. The summed E-state index contributed by atoms with van der Waals surface area (Å²) in [5, 5.41) is 0. The predicted octanol–water partition coefficient (Wildman–Crippen LogP) is 0.763. The number of ether oxygens (including phenoxy) is 1. The highest BCUT2D eigenvalue weighted by Gasteiger charge is 2.31. The molecule has 1 amide bonds. The van der Waals surface area contributed by atoms with E-state index in [4.69, 9.17) is 0 Å². The van der Waals surface area contributed by atoms with Crippen LogP contribution in [0.15, 0.2) is 35.2 Å². The lowest BCUT2D eigenvalue weighted by Crippen LogP contribution is -2.53. The van der Waals surface area contributed by atoms with E-state index in [1.807, 2.05) is 0 Å². The van der Waals surface area contributed by atoms with Gasteiger partial charge >= 0.3 is 5.97 Å². The van der Waals surface area contributed by atoms with Crippen LogP contribution in [0.1, 0.15) is 20.8 Å². The maximum Gasteiger partial charge on any atom is 0.325 e. The van der Waals surface area contributed by atoms with Gasteiger partial charge in [0.1, 0.15) is 6.04 Å². The first-order valence-electron chi connectivity index (χ1n) is 6.99. The Morgan fingerprint density at radius 1 is 1.30 bits per heavy atom. The molecule has 0 spiro atoms. The molecule has 1 N–H and O–H groups in total. The first-order chi connectivity index (χ1) is 10.6. The van der Waals surface area contributed by atoms with E-state index in [9.17, 15) is 18.0 Å². The van der Waals surface area contributed by atoms with Gasteiger partial charge in [-0.15, -0.1) is 0 Å². The maximum atomic E-state index is 12.4. The van der Waals surface area contributed by atoms with Crippen LogP contribution in [0.25, 0.3) is 0 Å². The Morgan fingerprint density at radius 2 is 1.87 bits per heavy atom. The predicted molar refractivity (Wildman–Crippen MR) is 85.1 cm³/mol. The zero-order valence-corrected chi connectivity index (χ0v) is 14.5. The van der Waals surface area contributed by atoms with Crippen molar-refractivity contribution in [1.82, 2.24) is 9.62 Å². The molecule has 1 aromatic carbocycles. The Labute approximate surface area is 136 Å². The van der Waals surface area contributed by atoms with Crippen LogP contribution in [0.3, 0.4) is 0 Å². The summed E-state index contributed by atoms with van der Waals surface area (Å²) in [6, 6.07) is 6.47. The third-order valence-electron chi connectivity index (χ3n) is 3.20. The smallest absolute Gasteiger partial charge is 0.325 e. The molecule has 0 bridgehead atoms. The number of sulfonamides is 1. The molecule has 0 unspecified atom stereocenters. The van der Waals surface area contributed by atoms with Crippen molar-refractivity contribution in [2.24, 2.45) is 0 Å². The Morgan fingerprint density at radius 3 is 2.30 bits per heavy atom. The molecule has 0 radical (unpaired) electrons. The normalized spacial score (nSPS) is 13.2. The second-order valence-corrected chi connectivity index (χ2v) is 7.65. The Hall–Kier alpha value is -1.93. The van der Waals surface area contributed by atoms with Crippen molar-refractivity contribution in [2.45, 2.75) is 37.2 Å². The standard InChI is InChI=1S/C15H22N2O5S/c1-15(2,3)17(11-18)10-13(14(19)22-4)16-23(20,21)12-8-6-5-7-9-12/h5-9,11,13,16H,10H2,1-4H3/t13-/m0/s1. The summed E-state index contributed by atoms with van der Waals surface area (Å²) in [6.07, 6.45) is 0.576. The molecule has 8 heteroatoms. The number of hydrogen-bond acceptors (Lipinski definition) is 5. The van der Waals surface area contributed by atoms with Gasteiger partial charge in [0, 0.05) is 12.1 Å². The Kier molecular flexibility index (Phi) is 6.28. The van der Waals surface area contributed by atoms with Crippen molar-refractivity contribution in [2.75, 3.05) is 13.7 Å². The van der Waals surface area contributed by atoms with E-state index in [2.05, 4.69) is 9.46 Å². The summed E-state index contributed by atoms with van der Waals surface area (Å²) in [5.41, 5.74) is -0.563. The molecule has 7 nitrogen and oxygen atoms in total. The molecule has 23 heavy (non-hydrogen) atoms. The van der Waals surface area contributed by atoms with Crippen LogP contribution in [0.2, 0.25) is 0 Å². The Balaban J connectivity index is 3.04. The molecular weight excluding hydrogens is 320 g/mol. The molecule has 0 aliphatic carbocycles. The zero-order valence-electron chi connectivity index (χ0n) is 13.6. The lowest BCUT2D eigenvalue weighted by molar-refractivity contribution is -0.143. The third kappa shape index (κ3) is 5.33. The largest absolute Gasteiger partial charge is 0.468 e. The highest BCUT2D eigenvalue weighted by Crippen LogP contribution is 2.14.